The molecule has 0 aliphatic carbocycles. The molecule has 0 fully saturated rings. The van der Waals surface area contributed by atoms with Gasteiger partial charge in [-0.2, -0.15) is 0 Å². The highest BCUT2D eigenvalue weighted by Crippen LogP contribution is 2.25. The van der Waals surface area contributed by atoms with Crippen LogP contribution in [0.5, 0.6) is 11.5 Å². The van der Waals surface area contributed by atoms with Crippen LogP contribution in [0.3, 0.4) is 0 Å². The molecule has 17 heavy (non-hydrogen) atoms. The molecule has 86 valence electrons. The molecule has 0 aliphatic heterocycles. The van der Waals surface area contributed by atoms with Crippen molar-refractivity contribution in [3.63, 3.8) is 0 Å². The minimum atomic E-state index is 0.0135. The van der Waals surface area contributed by atoms with Crippen molar-refractivity contribution >= 4 is 5.84 Å². The SMILES string of the molecule is Cc1ccc(Oc2ccccc2)c(C(=N)N)c1. The van der Waals surface area contributed by atoms with Crippen molar-refractivity contribution in [1.82, 2.24) is 0 Å². The zero-order valence-corrected chi connectivity index (χ0v) is 9.60. The second-order valence-electron chi connectivity index (χ2n) is 3.83. The number of hydrogen-bond acceptors (Lipinski definition) is 2. The predicted octanol–water partition coefficient (Wildman–Crippen LogP) is 3.07. The Morgan fingerprint density at radius 2 is 1.82 bits per heavy atom. The van der Waals surface area contributed by atoms with Crippen molar-refractivity contribution in [3.8, 4) is 11.5 Å². The number of nitrogens with two attached hydrogens (primary N) is 1. The summed E-state index contributed by atoms with van der Waals surface area (Å²) in [4.78, 5) is 0. The van der Waals surface area contributed by atoms with Crippen molar-refractivity contribution < 1.29 is 4.74 Å². The quantitative estimate of drug-likeness (QED) is 0.624. The fraction of sp³-hybridized carbons (Fsp3) is 0.0714. The molecule has 0 atom stereocenters. The molecule has 3 N–H and O–H groups in total. The van der Waals surface area contributed by atoms with E-state index in [2.05, 4.69) is 0 Å². The molecular weight excluding hydrogens is 212 g/mol. The Labute approximate surface area is 100 Å². The van der Waals surface area contributed by atoms with Gasteiger partial charge >= 0.3 is 0 Å². The van der Waals surface area contributed by atoms with E-state index in [1.165, 1.54) is 0 Å². The first-order valence-electron chi connectivity index (χ1n) is 5.35. The van der Waals surface area contributed by atoms with Crippen molar-refractivity contribution in [3.05, 3.63) is 59.7 Å². The van der Waals surface area contributed by atoms with Gasteiger partial charge in [0.25, 0.3) is 0 Å². The summed E-state index contributed by atoms with van der Waals surface area (Å²) in [6.07, 6.45) is 0. The third-order valence-corrected chi connectivity index (χ3v) is 2.40. The van der Waals surface area contributed by atoms with Crippen LogP contribution >= 0.6 is 0 Å². The van der Waals surface area contributed by atoms with Gasteiger partial charge in [0.05, 0.1) is 5.56 Å². The van der Waals surface area contributed by atoms with Gasteiger partial charge in [-0.3, -0.25) is 5.41 Å². The molecule has 0 saturated carbocycles. The number of nitrogens with one attached hydrogen (secondary N) is 1. The molecule has 2 aromatic rings. The summed E-state index contributed by atoms with van der Waals surface area (Å²) in [5.41, 5.74) is 7.21. The first kappa shape index (κ1) is 11.2. The maximum atomic E-state index is 7.54. The van der Waals surface area contributed by atoms with E-state index in [9.17, 15) is 0 Å². The summed E-state index contributed by atoms with van der Waals surface area (Å²) in [5.74, 6) is 1.35. The fourth-order valence-electron chi connectivity index (χ4n) is 1.56. The van der Waals surface area contributed by atoms with Crippen LogP contribution in [0.2, 0.25) is 0 Å². The Kier molecular flexibility index (Phi) is 3.10. The van der Waals surface area contributed by atoms with Gasteiger partial charge < -0.3 is 10.5 Å². The molecular formula is C14H14N2O. The Balaban J connectivity index is 2.36. The van der Waals surface area contributed by atoms with Crippen molar-refractivity contribution in [2.45, 2.75) is 6.92 Å². The normalized spacial score (nSPS) is 9.94. The van der Waals surface area contributed by atoms with E-state index in [1.807, 2.05) is 55.5 Å². The maximum absolute atomic E-state index is 7.54. The summed E-state index contributed by atoms with van der Waals surface area (Å²) in [5, 5.41) is 7.54. The second kappa shape index (κ2) is 4.70. The highest BCUT2D eigenvalue weighted by molar-refractivity contribution is 5.97. The van der Waals surface area contributed by atoms with Gasteiger partial charge in [-0.25, -0.2) is 0 Å². The van der Waals surface area contributed by atoms with Gasteiger partial charge in [0.2, 0.25) is 0 Å². The Bertz CT molecular complexity index is 535. The molecule has 2 rings (SSSR count). The van der Waals surface area contributed by atoms with Gasteiger partial charge in [-0.05, 0) is 31.2 Å². The monoisotopic (exact) mass is 226 g/mol. The minimum absolute atomic E-state index is 0.0135. The number of aryl methyl sites for hydroxylation is 1. The molecule has 0 aliphatic rings. The van der Waals surface area contributed by atoms with Gasteiger partial charge in [0.1, 0.15) is 17.3 Å². The second-order valence-corrected chi connectivity index (χ2v) is 3.83. The first-order valence-corrected chi connectivity index (χ1v) is 5.35. The van der Waals surface area contributed by atoms with Gasteiger partial charge in [0.15, 0.2) is 0 Å². The zero-order chi connectivity index (χ0) is 12.3. The molecule has 3 nitrogen and oxygen atoms in total. The van der Waals surface area contributed by atoms with Crippen molar-refractivity contribution in [2.24, 2.45) is 5.73 Å². The summed E-state index contributed by atoms with van der Waals surface area (Å²) in [7, 11) is 0. The first-order chi connectivity index (χ1) is 8.16. The Hall–Kier alpha value is -2.29. The smallest absolute Gasteiger partial charge is 0.138 e. The third-order valence-electron chi connectivity index (χ3n) is 2.40. The van der Waals surface area contributed by atoms with Crippen LogP contribution in [0.1, 0.15) is 11.1 Å². The average Bonchev–Trinajstić information content (AvgIpc) is 2.32. The number of rotatable bonds is 3. The van der Waals surface area contributed by atoms with Gasteiger partial charge in [0, 0.05) is 0 Å². The highest BCUT2D eigenvalue weighted by atomic mass is 16.5. The summed E-state index contributed by atoms with van der Waals surface area (Å²) >= 11 is 0. The van der Waals surface area contributed by atoms with Crippen LogP contribution in [0, 0.1) is 12.3 Å². The average molecular weight is 226 g/mol. The summed E-state index contributed by atoms with van der Waals surface area (Å²) < 4.78 is 5.70. The molecule has 2 aromatic carbocycles. The lowest BCUT2D eigenvalue weighted by Crippen LogP contribution is -2.12. The zero-order valence-electron chi connectivity index (χ0n) is 9.60. The summed E-state index contributed by atoms with van der Waals surface area (Å²) in [6.45, 7) is 1.96. The molecule has 0 spiro atoms. The van der Waals surface area contributed by atoms with Crippen LogP contribution in [-0.2, 0) is 0 Å². The largest absolute Gasteiger partial charge is 0.457 e. The number of benzene rings is 2. The van der Waals surface area contributed by atoms with Gasteiger partial charge in [-0.15, -0.1) is 0 Å². The summed E-state index contributed by atoms with van der Waals surface area (Å²) in [6, 6.07) is 15.1. The number of nitrogen functional groups attached to an aromatic ring is 1. The van der Waals surface area contributed by atoms with E-state index in [-0.39, 0.29) is 5.84 Å². The van der Waals surface area contributed by atoms with Crippen LogP contribution in [0.4, 0.5) is 0 Å². The predicted molar refractivity (Wildman–Crippen MR) is 68.7 cm³/mol. The maximum Gasteiger partial charge on any atom is 0.138 e. The topological polar surface area (TPSA) is 59.1 Å². The van der Waals surface area contributed by atoms with Crippen LogP contribution < -0.4 is 10.5 Å². The van der Waals surface area contributed by atoms with E-state index in [1.54, 1.807) is 0 Å². The molecule has 0 amide bonds. The van der Waals surface area contributed by atoms with Crippen LogP contribution in [-0.4, -0.2) is 5.84 Å². The number of hydrogen-bond donors (Lipinski definition) is 2. The molecule has 0 aromatic heterocycles. The molecule has 0 radical (unpaired) electrons. The van der Waals surface area contributed by atoms with E-state index in [4.69, 9.17) is 15.9 Å². The van der Waals surface area contributed by atoms with E-state index < -0.39 is 0 Å². The van der Waals surface area contributed by atoms with Crippen molar-refractivity contribution in [1.29, 1.82) is 5.41 Å². The lowest BCUT2D eigenvalue weighted by atomic mass is 10.1. The molecule has 0 unspecified atom stereocenters. The standard InChI is InChI=1S/C14H14N2O/c1-10-7-8-13(12(9-10)14(15)16)17-11-5-3-2-4-6-11/h2-9H,1H3,(H3,15,16). The molecule has 0 bridgehead atoms. The Morgan fingerprint density at radius 3 is 2.47 bits per heavy atom. The molecule has 3 heteroatoms. The number of para-hydroxylation sites is 1. The lowest BCUT2D eigenvalue weighted by Gasteiger charge is -2.10. The van der Waals surface area contributed by atoms with Crippen molar-refractivity contribution in [2.75, 3.05) is 0 Å². The van der Waals surface area contributed by atoms with Crippen LogP contribution in [0.25, 0.3) is 0 Å². The minimum Gasteiger partial charge on any atom is -0.457 e. The number of amidine groups is 1. The Morgan fingerprint density at radius 1 is 1.12 bits per heavy atom. The highest BCUT2D eigenvalue weighted by Gasteiger charge is 2.07. The lowest BCUT2D eigenvalue weighted by molar-refractivity contribution is 0.481. The van der Waals surface area contributed by atoms with Crippen LogP contribution in [0.15, 0.2) is 48.5 Å². The van der Waals surface area contributed by atoms with E-state index >= 15 is 0 Å². The number of ether oxygens (including phenoxy) is 1. The fourth-order valence-corrected chi connectivity index (χ4v) is 1.56. The molecule has 0 heterocycles. The van der Waals surface area contributed by atoms with E-state index in [0.29, 0.717) is 11.3 Å². The third kappa shape index (κ3) is 2.64. The molecule has 0 saturated heterocycles. The van der Waals surface area contributed by atoms with E-state index in [0.717, 1.165) is 11.3 Å². The van der Waals surface area contributed by atoms with Gasteiger partial charge in [-0.1, -0.05) is 29.8 Å².